The molecule has 0 radical (unpaired) electrons. The SMILES string of the molecule is Fc1cc2ncccc2cc1Cn1cnc2ncc(-c3ccccc3F)nc21. The number of benzene rings is 2. The van der Waals surface area contributed by atoms with E-state index in [1.54, 1.807) is 41.4 Å². The van der Waals surface area contributed by atoms with Crippen molar-refractivity contribution in [2.24, 2.45) is 0 Å². The summed E-state index contributed by atoms with van der Waals surface area (Å²) in [5, 5.41) is 0.849. The summed E-state index contributed by atoms with van der Waals surface area (Å²) in [4.78, 5) is 17.2. The van der Waals surface area contributed by atoms with Gasteiger partial charge in [0, 0.05) is 28.8 Å². The second-order valence-corrected chi connectivity index (χ2v) is 6.39. The molecule has 28 heavy (non-hydrogen) atoms. The summed E-state index contributed by atoms with van der Waals surface area (Å²) in [7, 11) is 0. The molecular weight excluding hydrogens is 360 g/mol. The zero-order valence-electron chi connectivity index (χ0n) is 14.5. The first-order valence-electron chi connectivity index (χ1n) is 8.65. The molecule has 7 heteroatoms. The summed E-state index contributed by atoms with van der Waals surface area (Å²) in [5.74, 6) is -0.735. The Kier molecular flexibility index (Phi) is 3.79. The van der Waals surface area contributed by atoms with Crippen molar-refractivity contribution in [3.05, 3.63) is 84.4 Å². The van der Waals surface area contributed by atoms with Gasteiger partial charge >= 0.3 is 0 Å². The first kappa shape index (κ1) is 16.4. The molecule has 0 unspecified atom stereocenters. The molecule has 0 aliphatic rings. The quantitative estimate of drug-likeness (QED) is 0.471. The highest BCUT2D eigenvalue weighted by Gasteiger charge is 2.13. The molecule has 3 aromatic heterocycles. The lowest BCUT2D eigenvalue weighted by Gasteiger charge is -2.08. The first-order chi connectivity index (χ1) is 13.7. The second-order valence-electron chi connectivity index (χ2n) is 6.39. The number of imidazole rings is 1. The summed E-state index contributed by atoms with van der Waals surface area (Å²) in [6.07, 6.45) is 4.67. The summed E-state index contributed by atoms with van der Waals surface area (Å²) in [6.45, 7) is 0.225. The van der Waals surface area contributed by atoms with E-state index >= 15 is 0 Å². The van der Waals surface area contributed by atoms with Crippen LogP contribution < -0.4 is 0 Å². The highest BCUT2D eigenvalue weighted by molar-refractivity contribution is 5.79. The molecule has 0 bridgehead atoms. The molecule has 0 N–H and O–H groups in total. The topological polar surface area (TPSA) is 56.5 Å². The van der Waals surface area contributed by atoms with Gasteiger partial charge in [-0.3, -0.25) is 4.98 Å². The summed E-state index contributed by atoms with van der Waals surface area (Å²) >= 11 is 0. The Morgan fingerprint density at radius 3 is 2.68 bits per heavy atom. The third-order valence-electron chi connectivity index (χ3n) is 4.59. The third-order valence-corrected chi connectivity index (χ3v) is 4.59. The molecule has 0 fully saturated rings. The van der Waals surface area contributed by atoms with Gasteiger partial charge in [-0.1, -0.05) is 18.2 Å². The van der Waals surface area contributed by atoms with E-state index in [0.717, 1.165) is 5.39 Å². The Morgan fingerprint density at radius 2 is 1.79 bits per heavy atom. The number of nitrogens with zero attached hydrogens (tertiary/aromatic N) is 5. The number of halogens is 2. The molecule has 0 saturated carbocycles. The van der Waals surface area contributed by atoms with Crippen LogP contribution in [-0.4, -0.2) is 24.5 Å². The molecule has 0 aliphatic heterocycles. The Hall–Kier alpha value is -3.74. The number of hydrogen-bond donors (Lipinski definition) is 0. The van der Waals surface area contributed by atoms with Gasteiger partial charge in [0.15, 0.2) is 11.3 Å². The highest BCUT2D eigenvalue weighted by Crippen LogP contribution is 2.23. The minimum atomic E-state index is -0.379. The van der Waals surface area contributed by atoms with Gasteiger partial charge in [0.05, 0.1) is 30.3 Å². The maximum Gasteiger partial charge on any atom is 0.197 e. The van der Waals surface area contributed by atoms with E-state index in [0.29, 0.717) is 33.6 Å². The van der Waals surface area contributed by atoms with Crippen LogP contribution in [0.5, 0.6) is 0 Å². The van der Waals surface area contributed by atoms with Crippen LogP contribution in [0.2, 0.25) is 0 Å². The van der Waals surface area contributed by atoms with Crippen molar-refractivity contribution in [2.75, 3.05) is 0 Å². The number of rotatable bonds is 3. The average molecular weight is 373 g/mol. The van der Waals surface area contributed by atoms with Gasteiger partial charge in [0.2, 0.25) is 0 Å². The Bertz CT molecular complexity index is 1330. The fraction of sp³-hybridized carbons (Fsp3) is 0.0476. The largest absolute Gasteiger partial charge is 0.309 e. The zero-order valence-corrected chi connectivity index (χ0v) is 14.5. The molecule has 0 atom stereocenters. The normalized spacial score (nSPS) is 11.4. The van der Waals surface area contributed by atoms with Crippen LogP contribution >= 0.6 is 0 Å². The van der Waals surface area contributed by atoms with Crippen LogP contribution in [0.4, 0.5) is 8.78 Å². The van der Waals surface area contributed by atoms with E-state index in [4.69, 9.17) is 0 Å². The lowest BCUT2D eigenvalue weighted by atomic mass is 10.1. The van der Waals surface area contributed by atoms with E-state index in [2.05, 4.69) is 19.9 Å². The molecule has 2 aromatic carbocycles. The van der Waals surface area contributed by atoms with Crippen molar-refractivity contribution in [3.8, 4) is 11.3 Å². The lowest BCUT2D eigenvalue weighted by molar-refractivity contribution is 0.603. The molecule has 5 nitrogen and oxygen atoms in total. The van der Waals surface area contributed by atoms with Gasteiger partial charge in [-0.2, -0.15) is 0 Å². The van der Waals surface area contributed by atoms with E-state index in [1.807, 2.05) is 12.1 Å². The fourth-order valence-electron chi connectivity index (χ4n) is 3.20. The van der Waals surface area contributed by atoms with Gasteiger partial charge in [-0.25, -0.2) is 23.7 Å². The van der Waals surface area contributed by atoms with Crippen LogP contribution in [0.3, 0.4) is 0 Å². The first-order valence-corrected chi connectivity index (χ1v) is 8.65. The molecular formula is C21H13F2N5. The Balaban J connectivity index is 1.59. The molecule has 5 rings (SSSR count). The zero-order chi connectivity index (χ0) is 19.1. The maximum atomic E-state index is 14.5. The van der Waals surface area contributed by atoms with Gasteiger partial charge in [-0.15, -0.1) is 0 Å². The van der Waals surface area contributed by atoms with Crippen molar-refractivity contribution in [1.29, 1.82) is 0 Å². The fourth-order valence-corrected chi connectivity index (χ4v) is 3.20. The van der Waals surface area contributed by atoms with Crippen LogP contribution in [0.15, 0.2) is 67.3 Å². The van der Waals surface area contributed by atoms with Crippen molar-refractivity contribution in [3.63, 3.8) is 0 Å². The minimum absolute atomic E-state index is 0.225. The van der Waals surface area contributed by atoms with Gasteiger partial charge in [-0.05, 0) is 24.3 Å². The maximum absolute atomic E-state index is 14.5. The Morgan fingerprint density at radius 1 is 0.893 bits per heavy atom. The lowest BCUT2D eigenvalue weighted by Crippen LogP contribution is -2.03. The third kappa shape index (κ3) is 2.77. The number of pyridine rings is 1. The molecule has 0 amide bonds. The van der Waals surface area contributed by atoms with Crippen LogP contribution in [-0.2, 0) is 6.54 Å². The van der Waals surface area contributed by atoms with Crippen LogP contribution in [0.25, 0.3) is 33.5 Å². The molecule has 0 aliphatic carbocycles. The summed E-state index contributed by atoms with van der Waals surface area (Å²) in [5.41, 5.74) is 2.72. The molecule has 0 spiro atoms. The van der Waals surface area contributed by atoms with E-state index in [1.165, 1.54) is 18.3 Å². The number of fused-ring (bicyclic) bond motifs is 2. The van der Waals surface area contributed by atoms with E-state index in [-0.39, 0.29) is 18.2 Å². The van der Waals surface area contributed by atoms with E-state index < -0.39 is 0 Å². The molecule has 5 aromatic rings. The smallest absolute Gasteiger partial charge is 0.197 e. The van der Waals surface area contributed by atoms with Crippen LogP contribution in [0.1, 0.15) is 5.56 Å². The monoisotopic (exact) mass is 373 g/mol. The highest BCUT2D eigenvalue weighted by atomic mass is 19.1. The van der Waals surface area contributed by atoms with Gasteiger partial charge < -0.3 is 4.57 Å². The Labute approximate surface area is 158 Å². The summed E-state index contributed by atoms with van der Waals surface area (Å²) < 4.78 is 30.4. The van der Waals surface area contributed by atoms with Crippen molar-refractivity contribution < 1.29 is 8.78 Å². The molecule has 136 valence electrons. The van der Waals surface area contributed by atoms with Crippen molar-refractivity contribution in [2.45, 2.75) is 6.54 Å². The standard InChI is InChI=1S/C21H13F2N5/c22-16-6-2-1-5-15(16)19-10-25-20-21(27-19)28(12-26-20)11-14-8-13-4-3-7-24-18(13)9-17(14)23/h1-10,12H,11H2. The van der Waals surface area contributed by atoms with Crippen molar-refractivity contribution in [1.82, 2.24) is 24.5 Å². The predicted molar refractivity (Wildman–Crippen MR) is 102 cm³/mol. The summed E-state index contributed by atoms with van der Waals surface area (Å²) in [6, 6.07) is 13.2. The number of aromatic nitrogens is 5. The predicted octanol–water partition coefficient (Wildman–Crippen LogP) is 4.37. The van der Waals surface area contributed by atoms with Crippen LogP contribution in [0, 0.1) is 11.6 Å². The van der Waals surface area contributed by atoms with Gasteiger partial charge in [0.1, 0.15) is 11.6 Å². The van der Waals surface area contributed by atoms with Crippen molar-refractivity contribution >= 4 is 22.2 Å². The van der Waals surface area contributed by atoms with E-state index in [9.17, 15) is 8.78 Å². The second kappa shape index (κ2) is 6.45. The minimum Gasteiger partial charge on any atom is -0.309 e. The average Bonchev–Trinajstić information content (AvgIpc) is 3.11. The molecule has 3 heterocycles. The van der Waals surface area contributed by atoms with Gasteiger partial charge in [0.25, 0.3) is 0 Å². The number of hydrogen-bond acceptors (Lipinski definition) is 4. The molecule has 0 saturated heterocycles.